The first-order valence-electron chi connectivity index (χ1n) is 24.9. The molecule has 10 amide bonds. The fourth-order valence-corrected chi connectivity index (χ4v) is 8.79. The Bertz CT molecular complexity index is 2620. The Morgan fingerprint density at radius 3 is 2.09 bits per heavy atom. The predicted octanol–water partition coefficient (Wildman–Crippen LogP) is -0.697. The predicted molar refractivity (Wildman–Crippen MR) is 271 cm³/mol. The number of nitrogens with two attached hydrogens (primary N) is 2. The largest absolute Gasteiger partial charge is 0.373 e. The van der Waals surface area contributed by atoms with Crippen molar-refractivity contribution in [2.45, 2.75) is 126 Å². The number of aromatic amines is 2. The molecule has 0 saturated carbocycles. The van der Waals surface area contributed by atoms with Crippen molar-refractivity contribution in [2.75, 3.05) is 19.6 Å². The molecule has 24 nitrogen and oxygen atoms in total. The minimum atomic E-state index is -1.41. The second-order valence-electron chi connectivity index (χ2n) is 18.4. The number of hydrogen-bond donors (Lipinski definition) is 13. The van der Waals surface area contributed by atoms with Crippen LogP contribution in [0.5, 0.6) is 0 Å². The van der Waals surface area contributed by atoms with Crippen molar-refractivity contribution in [3.8, 4) is 0 Å². The summed E-state index contributed by atoms with van der Waals surface area (Å²) in [6.45, 7) is 1.62. The second kappa shape index (κ2) is 27.1. The summed E-state index contributed by atoms with van der Waals surface area (Å²) in [6, 6.07) is 6.66. The van der Waals surface area contributed by atoms with Crippen LogP contribution in [0.2, 0.25) is 0 Å². The number of carbonyl (C=O) groups is 9. The first-order valence-corrected chi connectivity index (χ1v) is 24.9. The van der Waals surface area contributed by atoms with E-state index in [1.165, 1.54) is 13.3 Å². The topological polar surface area (TPSA) is 373 Å². The number of H-pyrrole nitrogens is 2. The molecule has 1 unspecified atom stereocenters. The minimum Gasteiger partial charge on any atom is -0.373 e. The summed E-state index contributed by atoms with van der Waals surface area (Å²) in [7, 11) is 0. The van der Waals surface area contributed by atoms with E-state index in [-0.39, 0.29) is 89.7 Å². The maximum Gasteiger partial charge on any atom is 0.325 e. The molecule has 0 aliphatic carbocycles. The van der Waals surface area contributed by atoms with Gasteiger partial charge in [-0.25, -0.2) is 9.78 Å². The normalized spacial score (nSPS) is 23.3. The van der Waals surface area contributed by atoms with Crippen molar-refractivity contribution < 1.29 is 43.2 Å². The highest BCUT2D eigenvalue weighted by molar-refractivity contribution is 6.08. The van der Waals surface area contributed by atoms with Crippen LogP contribution in [0.25, 0.3) is 10.9 Å². The lowest BCUT2D eigenvalue weighted by molar-refractivity contribution is -0.137. The van der Waals surface area contributed by atoms with E-state index >= 15 is 0 Å². The summed E-state index contributed by atoms with van der Waals surface area (Å²) in [6.07, 6.45) is 5.88. The standard InChI is InChI=1S/C50H67N15O9/c1-29-44(68)60-38(19-17-32-27-54-28-58-32)47(71)62-37(18-16-30-10-3-2-4-11-30)46(70)61-36(15-9-23-55-41(52)25-51)45(69)63-40(24-31-26-57-34-13-6-5-12-33(31)34)48(72)59-35(43(53)67)14-7-8-22-56-42(66)21-20-39-49(73)65(29)50(74)64-39/h2-6,10-13,26-29,35-40,57H,7-9,14-25,51H2,1H3,(H2,52,55)(H2,53,67)(H,54,58)(H,56,66)(H,59,72)(H,60,68)(H,61,70)(H,62,71)(H,63,69)(H,64,74)/t29-,35?,36+,37-,38+,39+,40+/m1/s1. The number of imidazole rings is 1. The molecule has 0 radical (unpaired) electrons. The van der Waals surface area contributed by atoms with Crippen LogP contribution < -0.4 is 54.0 Å². The van der Waals surface area contributed by atoms with E-state index in [1.54, 1.807) is 12.4 Å². The van der Waals surface area contributed by atoms with Gasteiger partial charge in [-0.1, -0.05) is 48.5 Å². The summed E-state index contributed by atoms with van der Waals surface area (Å²) in [5.41, 5.74) is 14.3. The molecule has 2 bridgehead atoms. The number of nitrogens with one attached hydrogen (secondary N) is 11. The SMILES string of the molecule is C[C@@H]1C(=O)N[C@@H](CCc2cnc[nH]2)C(=O)N[C@H](CCc2ccccc2)C(=O)N[C@@H](CCCNC(=N)CN)C(=O)N[C@@H](Cc2c[nH]c3ccccc23)C(=O)NC(C(N)=O)CCCCNC(=O)CC[C@@H]2NC(=O)N1C2=O. The van der Waals surface area contributed by atoms with Gasteiger partial charge in [0.2, 0.25) is 41.4 Å². The molecule has 396 valence electrons. The monoisotopic (exact) mass is 1020 g/mol. The van der Waals surface area contributed by atoms with Gasteiger partial charge in [0.1, 0.15) is 48.1 Å². The summed E-state index contributed by atoms with van der Waals surface area (Å²) in [5.74, 6) is -5.87. The maximum absolute atomic E-state index is 14.7. The van der Waals surface area contributed by atoms with E-state index in [9.17, 15) is 43.2 Å². The van der Waals surface area contributed by atoms with Crippen LogP contribution in [0.4, 0.5) is 4.79 Å². The molecule has 4 aromatic rings. The molecule has 15 N–H and O–H groups in total. The molecule has 6 rings (SSSR count). The van der Waals surface area contributed by atoms with Gasteiger partial charge in [-0.15, -0.1) is 0 Å². The number of nitrogens with zero attached hydrogens (tertiary/aromatic N) is 2. The van der Waals surface area contributed by atoms with Gasteiger partial charge in [0.15, 0.2) is 0 Å². The minimum absolute atomic E-state index is 0.0186. The van der Waals surface area contributed by atoms with Gasteiger partial charge in [0, 0.05) is 54.9 Å². The van der Waals surface area contributed by atoms with Crippen molar-refractivity contribution in [3.63, 3.8) is 0 Å². The molecule has 2 fully saturated rings. The first kappa shape index (κ1) is 55.2. The van der Waals surface area contributed by atoms with Crippen molar-refractivity contribution in [1.29, 1.82) is 5.41 Å². The number of carbonyl (C=O) groups excluding carboxylic acids is 9. The zero-order chi connectivity index (χ0) is 53.1. The Labute approximate surface area is 427 Å². The van der Waals surface area contributed by atoms with Gasteiger partial charge in [0.25, 0.3) is 5.91 Å². The van der Waals surface area contributed by atoms with Crippen molar-refractivity contribution >= 4 is 70.0 Å². The molecule has 24 heteroatoms. The molecular weight excluding hydrogens is 955 g/mol. The number of amides is 10. The van der Waals surface area contributed by atoms with E-state index in [4.69, 9.17) is 16.9 Å². The van der Waals surface area contributed by atoms with E-state index in [1.807, 2.05) is 54.6 Å². The lowest BCUT2D eigenvalue weighted by Crippen LogP contribution is -2.60. The maximum atomic E-state index is 14.7. The highest BCUT2D eigenvalue weighted by Crippen LogP contribution is 2.20. The van der Waals surface area contributed by atoms with E-state index < -0.39 is 95.6 Å². The molecule has 2 saturated heterocycles. The van der Waals surface area contributed by atoms with E-state index in [2.05, 4.69) is 57.5 Å². The molecule has 4 heterocycles. The molecule has 74 heavy (non-hydrogen) atoms. The number of fused-ring (bicyclic) bond motifs is 3. The second-order valence-corrected chi connectivity index (χ2v) is 18.4. The van der Waals surface area contributed by atoms with Crippen LogP contribution in [-0.2, 0) is 57.6 Å². The molecule has 0 spiro atoms. The third kappa shape index (κ3) is 15.7. The van der Waals surface area contributed by atoms with Gasteiger partial charge in [0.05, 0.1) is 12.9 Å². The summed E-state index contributed by atoms with van der Waals surface area (Å²) >= 11 is 0. The first-order chi connectivity index (χ1) is 35.6. The van der Waals surface area contributed by atoms with Gasteiger partial charge in [-0.05, 0) is 88.3 Å². The van der Waals surface area contributed by atoms with Crippen LogP contribution in [0, 0.1) is 5.41 Å². The molecular formula is C50H67N15O9. The van der Waals surface area contributed by atoms with E-state index in [0.717, 1.165) is 21.4 Å². The lowest BCUT2D eigenvalue weighted by Gasteiger charge is -2.28. The summed E-state index contributed by atoms with van der Waals surface area (Å²) < 4.78 is 0. The van der Waals surface area contributed by atoms with Crippen molar-refractivity contribution in [3.05, 3.63) is 90.1 Å². The summed E-state index contributed by atoms with van der Waals surface area (Å²) in [5, 5.41) is 30.7. The third-order valence-electron chi connectivity index (χ3n) is 13.0. The molecule has 2 aromatic carbocycles. The number of benzene rings is 2. The van der Waals surface area contributed by atoms with Crippen LogP contribution in [0.3, 0.4) is 0 Å². The number of primary amides is 1. The Morgan fingerprint density at radius 2 is 1.41 bits per heavy atom. The van der Waals surface area contributed by atoms with Crippen LogP contribution in [0.1, 0.15) is 81.5 Å². The van der Waals surface area contributed by atoms with Crippen molar-refractivity contribution in [1.82, 2.24) is 62.4 Å². The van der Waals surface area contributed by atoms with Crippen LogP contribution in [-0.4, -0.2) is 141 Å². The molecule has 7 atom stereocenters. The smallest absolute Gasteiger partial charge is 0.325 e. The number of amidine groups is 1. The number of rotatable bonds is 14. The Kier molecular flexibility index (Phi) is 20.2. The van der Waals surface area contributed by atoms with E-state index in [0.29, 0.717) is 24.1 Å². The molecule has 2 aliphatic rings. The number of aromatic nitrogens is 3. The zero-order valence-electron chi connectivity index (χ0n) is 41.3. The number of para-hydroxylation sites is 1. The Balaban J connectivity index is 1.34. The summed E-state index contributed by atoms with van der Waals surface area (Å²) in [4.78, 5) is 136. The van der Waals surface area contributed by atoms with Crippen LogP contribution >= 0.6 is 0 Å². The van der Waals surface area contributed by atoms with Gasteiger partial charge in [-0.2, -0.15) is 0 Å². The highest BCUT2D eigenvalue weighted by atomic mass is 16.2. The Hall–Kier alpha value is -8.15. The fourth-order valence-electron chi connectivity index (χ4n) is 8.79. The Morgan fingerprint density at radius 1 is 0.757 bits per heavy atom. The highest BCUT2D eigenvalue weighted by Gasteiger charge is 2.43. The number of urea groups is 1. The zero-order valence-corrected chi connectivity index (χ0v) is 41.3. The fraction of sp³-hybridized carbons (Fsp3) is 0.460. The van der Waals surface area contributed by atoms with Crippen molar-refractivity contribution in [2.24, 2.45) is 11.5 Å². The quantitative estimate of drug-likeness (QED) is 0.0323. The molecule has 2 aliphatic heterocycles. The van der Waals surface area contributed by atoms with Gasteiger partial charge >= 0.3 is 6.03 Å². The number of aryl methyl sites for hydroxylation is 2. The average Bonchev–Trinajstić information content (AvgIpc) is 4.14. The van der Waals surface area contributed by atoms with Gasteiger partial charge < -0.3 is 64.0 Å². The molecule has 2 aromatic heterocycles. The number of hydrogen-bond acceptors (Lipinski definition) is 12. The number of imide groups is 1. The lowest BCUT2D eigenvalue weighted by atomic mass is 10.0. The average molecular weight is 1020 g/mol. The third-order valence-corrected chi connectivity index (χ3v) is 13.0. The van der Waals surface area contributed by atoms with Crippen LogP contribution in [0.15, 0.2) is 73.3 Å². The van der Waals surface area contributed by atoms with Gasteiger partial charge in [-0.3, -0.25) is 48.7 Å².